The van der Waals surface area contributed by atoms with E-state index >= 15 is 0 Å². The number of hydrogen-bond acceptors (Lipinski definition) is 2. The second kappa shape index (κ2) is 7.88. The fraction of sp³-hybridized carbons (Fsp3) is 0.333. The van der Waals surface area contributed by atoms with Crippen LogP contribution in [-0.2, 0) is 6.42 Å². The first-order valence-corrected chi connectivity index (χ1v) is 8.57. The maximum Gasteiger partial charge on any atom is 0.0441 e. The quantitative estimate of drug-likeness (QED) is 0.762. The third-order valence-electron chi connectivity index (χ3n) is 3.62. The Morgan fingerprint density at radius 2 is 1.90 bits per heavy atom. The van der Waals surface area contributed by atoms with E-state index in [1.54, 1.807) is 0 Å². The highest BCUT2D eigenvalue weighted by Gasteiger charge is 2.11. The third kappa shape index (κ3) is 4.77. The molecule has 1 atom stereocenters. The summed E-state index contributed by atoms with van der Waals surface area (Å²) in [6, 6.07) is 15.2. The summed E-state index contributed by atoms with van der Waals surface area (Å²) < 4.78 is 0. The van der Waals surface area contributed by atoms with Crippen molar-refractivity contribution in [1.29, 1.82) is 0 Å². The molecule has 0 aromatic heterocycles. The lowest BCUT2D eigenvalue weighted by molar-refractivity contribution is 0.617. The summed E-state index contributed by atoms with van der Waals surface area (Å²) in [7, 11) is 2.02. The van der Waals surface area contributed by atoms with Crippen molar-refractivity contribution in [3.05, 3.63) is 64.2 Å². The molecule has 1 N–H and O–H groups in total. The molecule has 2 rings (SSSR count). The van der Waals surface area contributed by atoms with Gasteiger partial charge in [-0.25, -0.2) is 0 Å². The lowest BCUT2D eigenvalue weighted by atomic mass is 10.1. The summed E-state index contributed by atoms with van der Waals surface area (Å²) in [5.41, 5.74) is 3.76. The Morgan fingerprint density at radius 1 is 1.14 bits per heavy atom. The van der Waals surface area contributed by atoms with Gasteiger partial charge < -0.3 is 5.32 Å². The van der Waals surface area contributed by atoms with Gasteiger partial charge in [-0.15, -0.1) is 11.8 Å². The van der Waals surface area contributed by atoms with Crippen LogP contribution >= 0.6 is 23.4 Å². The lowest BCUT2D eigenvalue weighted by Gasteiger charge is -2.17. The minimum Gasteiger partial charge on any atom is -0.316 e. The maximum absolute atomic E-state index is 6.34. The van der Waals surface area contributed by atoms with Crippen LogP contribution in [0.25, 0.3) is 0 Å². The van der Waals surface area contributed by atoms with E-state index in [-0.39, 0.29) is 0 Å². The number of thioether (sulfide) groups is 1. The average molecular weight is 320 g/mol. The van der Waals surface area contributed by atoms with E-state index in [9.17, 15) is 0 Å². The van der Waals surface area contributed by atoms with Gasteiger partial charge in [0.15, 0.2) is 0 Å². The van der Waals surface area contributed by atoms with Gasteiger partial charge in [0.2, 0.25) is 0 Å². The van der Waals surface area contributed by atoms with Gasteiger partial charge in [-0.2, -0.15) is 0 Å². The van der Waals surface area contributed by atoms with Gasteiger partial charge in [0, 0.05) is 21.7 Å². The third-order valence-corrected chi connectivity index (χ3v) is 5.31. The number of hydrogen-bond donors (Lipinski definition) is 1. The van der Waals surface area contributed by atoms with E-state index in [4.69, 9.17) is 11.6 Å². The normalized spacial score (nSPS) is 12.4. The lowest BCUT2D eigenvalue weighted by Crippen LogP contribution is -2.30. The standard InChI is InChI=1S/C18H22ClNS/c1-13-8-9-15(17(19)10-13)11-16(20-3)12-21-18-7-5-4-6-14(18)2/h4-10,16,20H,11-12H2,1-3H3. The summed E-state index contributed by atoms with van der Waals surface area (Å²) >= 11 is 8.24. The highest BCUT2D eigenvalue weighted by atomic mass is 35.5. The van der Waals surface area contributed by atoms with Crippen LogP contribution in [0.2, 0.25) is 5.02 Å². The zero-order valence-corrected chi connectivity index (χ0v) is 14.4. The van der Waals surface area contributed by atoms with Crippen LogP contribution in [0.15, 0.2) is 47.4 Å². The van der Waals surface area contributed by atoms with E-state index in [0.29, 0.717) is 6.04 Å². The molecule has 0 saturated heterocycles. The SMILES string of the molecule is CNC(CSc1ccccc1C)Cc1ccc(C)cc1Cl. The number of benzene rings is 2. The summed E-state index contributed by atoms with van der Waals surface area (Å²) in [5, 5.41) is 4.27. The fourth-order valence-electron chi connectivity index (χ4n) is 2.24. The molecular weight excluding hydrogens is 298 g/mol. The summed E-state index contributed by atoms with van der Waals surface area (Å²) in [6.07, 6.45) is 0.953. The molecular formula is C18H22ClNS. The Hall–Kier alpha value is -0.960. The largest absolute Gasteiger partial charge is 0.316 e. The van der Waals surface area contributed by atoms with Crippen LogP contribution in [0.1, 0.15) is 16.7 Å². The minimum absolute atomic E-state index is 0.412. The van der Waals surface area contributed by atoms with Crippen LogP contribution in [0, 0.1) is 13.8 Å². The van der Waals surface area contributed by atoms with Crippen molar-refractivity contribution >= 4 is 23.4 Å². The molecule has 112 valence electrons. The molecule has 3 heteroatoms. The molecule has 0 heterocycles. The molecule has 0 radical (unpaired) electrons. The Bertz CT molecular complexity index is 598. The zero-order valence-electron chi connectivity index (χ0n) is 12.8. The molecule has 0 aliphatic carbocycles. The first-order chi connectivity index (χ1) is 10.1. The second-order valence-electron chi connectivity index (χ2n) is 5.36. The van der Waals surface area contributed by atoms with E-state index in [1.807, 2.05) is 24.9 Å². The first kappa shape index (κ1) is 16.4. The van der Waals surface area contributed by atoms with E-state index in [1.165, 1.54) is 21.6 Å². The molecule has 0 amide bonds. The molecule has 0 bridgehead atoms. The van der Waals surface area contributed by atoms with Crippen molar-refractivity contribution < 1.29 is 0 Å². The number of nitrogens with one attached hydrogen (secondary N) is 1. The molecule has 2 aromatic carbocycles. The summed E-state index contributed by atoms with van der Waals surface area (Å²) in [5.74, 6) is 1.03. The van der Waals surface area contributed by atoms with Gasteiger partial charge in [-0.1, -0.05) is 41.9 Å². The van der Waals surface area contributed by atoms with Crippen LogP contribution in [0.4, 0.5) is 0 Å². The number of likely N-dealkylation sites (N-methyl/N-ethyl adjacent to an activating group) is 1. The number of aryl methyl sites for hydroxylation is 2. The van der Waals surface area contributed by atoms with E-state index in [0.717, 1.165) is 17.2 Å². The van der Waals surface area contributed by atoms with Gasteiger partial charge in [0.05, 0.1) is 0 Å². The van der Waals surface area contributed by atoms with Crippen molar-refractivity contribution in [2.45, 2.75) is 31.2 Å². The fourth-order valence-corrected chi connectivity index (χ4v) is 3.68. The smallest absolute Gasteiger partial charge is 0.0441 e. The molecule has 0 spiro atoms. The van der Waals surface area contributed by atoms with Crippen LogP contribution in [-0.4, -0.2) is 18.8 Å². The van der Waals surface area contributed by atoms with E-state index < -0.39 is 0 Å². The Morgan fingerprint density at radius 3 is 2.57 bits per heavy atom. The van der Waals surface area contributed by atoms with Crippen LogP contribution < -0.4 is 5.32 Å². The monoisotopic (exact) mass is 319 g/mol. The van der Waals surface area contributed by atoms with Gasteiger partial charge >= 0.3 is 0 Å². The van der Waals surface area contributed by atoms with Crippen molar-refractivity contribution in [3.8, 4) is 0 Å². The molecule has 0 aliphatic heterocycles. The summed E-state index contributed by atoms with van der Waals surface area (Å²) in [6.45, 7) is 4.23. The van der Waals surface area contributed by atoms with Crippen molar-refractivity contribution in [2.75, 3.05) is 12.8 Å². The maximum atomic E-state index is 6.34. The van der Waals surface area contributed by atoms with Crippen molar-refractivity contribution in [3.63, 3.8) is 0 Å². The molecule has 0 saturated carbocycles. The topological polar surface area (TPSA) is 12.0 Å². The summed E-state index contributed by atoms with van der Waals surface area (Å²) in [4.78, 5) is 1.35. The molecule has 1 nitrogen and oxygen atoms in total. The Kier molecular flexibility index (Phi) is 6.16. The second-order valence-corrected chi connectivity index (χ2v) is 6.83. The first-order valence-electron chi connectivity index (χ1n) is 7.21. The van der Waals surface area contributed by atoms with Crippen LogP contribution in [0.5, 0.6) is 0 Å². The van der Waals surface area contributed by atoms with Crippen molar-refractivity contribution in [1.82, 2.24) is 5.32 Å². The minimum atomic E-state index is 0.412. The van der Waals surface area contributed by atoms with Gasteiger partial charge in [-0.05, 0) is 56.1 Å². The predicted octanol–water partition coefficient (Wildman–Crippen LogP) is 4.88. The van der Waals surface area contributed by atoms with Crippen LogP contribution in [0.3, 0.4) is 0 Å². The highest BCUT2D eigenvalue weighted by molar-refractivity contribution is 7.99. The van der Waals surface area contributed by atoms with Gasteiger partial charge in [0.25, 0.3) is 0 Å². The number of rotatable bonds is 6. The molecule has 0 fully saturated rings. The van der Waals surface area contributed by atoms with Gasteiger partial charge in [0.1, 0.15) is 0 Å². The van der Waals surface area contributed by atoms with E-state index in [2.05, 4.69) is 55.6 Å². The average Bonchev–Trinajstić information content (AvgIpc) is 2.47. The Balaban J connectivity index is 1.99. The van der Waals surface area contributed by atoms with Crippen molar-refractivity contribution in [2.24, 2.45) is 0 Å². The zero-order chi connectivity index (χ0) is 15.2. The predicted molar refractivity (Wildman–Crippen MR) is 94.6 cm³/mol. The highest BCUT2D eigenvalue weighted by Crippen LogP contribution is 2.25. The Labute approximate surface area is 137 Å². The number of halogens is 1. The van der Waals surface area contributed by atoms with Gasteiger partial charge in [-0.3, -0.25) is 0 Å². The molecule has 2 aromatic rings. The molecule has 21 heavy (non-hydrogen) atoms. The molecule has 1 unspecified atom stereocenters. The molecule has 0 aliphatic rings.